The van der Waals surface area contributed by atoms with Crippen molar-refractivity contribution in [1.29, 1.82) is 5.26 Å². The van der Waals surface area contributed by atoms with Crippen molar-refractivity contribution in [3.05, 3.63) is 35.9 Å². The highest BCUT2D eigenvalue weighted by atomic mass is 16.2. The van der Waals surface area contributed by atoms with Crippen LogP contribution in [0.3, 0.4) is 0 Å². The third kappa shape index (κ3) is 4.24. The van der Waals surface area contributed by atoms with E-state index in [-0.39, 0.29) is 18.9 Å². The summed E-state index contributed by atoms with van der Waals surface area (Å²) in [5, 5.41) is 11.9. The monoisotopic (exact) mass is 339 g/mol. The van der Waals surface area contributed by atoms with Crippen LogP contribution < -0.4 is 5.32 Å². The van der Waals surface area contributed by atoms with E-state index < -0.39 is 23.5 Å². The lowest BCUT2D eigenvalue weighted by atomic mass is 9.92. The molecule has 2 atom stereocenters. The molecule has 1 aliphatic carbocycles. The summed E-state index contributed by atoms with van der Waals surface area (Å²) in [5.41, 5.74) is 0.895. The first kappa shape index (κ1) is 17.2. The summed E-state index contributed by atoms with van der Waals surface area (Å²) in [4.78, 5) is 38.5. The number of Topliss-reactive ketones (excluding diaryl/α,β-unsaturated/α-hetero) is 1. The number of carbonyl (C=O) groups excluding carboxylic acids is 3. The van der Waals surface area contributed by atoms with Gasteiger partial charge in [0.25, 0.3) is 0 Å². The molecule has 0 radical (unpaired) electrons. The minimum atomic E-state index is -1.36. The van der Waals surface area contributed by atoms with Gasteiger partial charge >= 0.3 is 0 Å². The average molecular weight is 339 g/mol. The van der Waals surface area contributed by atoms with E-state index in [1.165, 1.54) is 0 Å². The summed E-state index contributed by atoms with van der Waals surface area (Å²) in [5.74, 6) is -2.45. The maximum Gasteiger partial charge on any atom is 0.245 e. The Bertz CT molecular complexity index is 706. The van der Waals surface area contributed by atoms with Crippen LogP contribution in [0.4, 0.5) is 0 Å². The van der Waals surface area contributed by atoms with E-state index >= 15 is 0 Å². The van der Waals surface area contributed by atoms with Gasteiger partial charge in [-0.15, -0.1) is 0 Å². The maximum absolute atomic E-state index is 12.6. The first-order valence-electron chi connectivity index (χ1n) is 8.61. The van der Waals surface area contributed by atoms with E-state index in [0.717, 1.165) is 18.4 Å². The minimum absolute atomic E-state index is 0.0494. The van der Waals surface area contributed by atoms with Gasteiger partial charge < -0.3 is 10.2 Å². The van der Waals surface area contributed by atoms with Gasteiger partial charge in [0.15, 0.2) is 11.7 Å². The molecule has 6 nitrogen and oxygen atoms in total. The fourth-order valence-electron chi connectivity index (χ4n) is 3.13. The van der Waals surface area contributed by atoms with Crippen LogP contribution in [0.15, 0.2) is 30.3 Å². The number of nitrogens with one attached hydrogen (secondary N) is 1. The van der Waals surface area contributed by atoms with Gasteiger partial charge in [-0.25, -0.2) is 0 Å². The number of benzene rings is 1. The number of nitriles is 1. The van der Waals surface area contributed by atoms with Crippen LogP contribution in [-0.2, 0) is 20.9 Å². The Morgan fingerprint density at radius 1 is 1.28 bits per heavy atom. The lowest BCUT2D eigenvalue weighted by Crippen LogP contribution is -2.38. The third-order valence-electron chi connectivity index (χ3n) is 4.78. The number of amides is 2. The molecule has 25 heavy (non-hydrogen) atoms. The van der Waals surface area contributed by atoms with Gasteiger partial charge in [-0.3, -0.25) is 14.4 Å². The fourth-order valence-corrected chi connectivity index (χ4v) is 3.13. The molecule has 1 aliphatic heterocycles. The van der Waals surface area contributed by atoms with Crippen LogP contribution >= 0.6 is 0 Å². The minimum Gasteiger partial charge on any atom is -0.350 e. The fraction of sp³-hybridized carbons (Fsp3) is 0.474. The molecular weight excluding hydrogens is 318 g/mol. The molecule has 1 saturated heterocycles. The molecule has 130 valence electrons. The predicted molar refractivity (Wildman–Crippen MR) is 89.8 cm³/mol. The molecule has 3 rings (SSSR count). The second kappa shape index (κ2) is 7.47. The highest BCUT2D eigenvalue weighted by molar-refractivity contribution is 6.06. The Hall–Kier alpha value is -2.68. The lowest BCUT2D eigenvalue weighted by molar-refractivity contribution is -0.134. The second-order valence-corrected chi connectivity index (χ2v) is 6.81. The van der Waals surface area contributed by atoms with Crippen molar-refractivity contribution in [1.82, 2.24) is 10.2 Å². The molecule has 2 fully saturated rings. The Morgan fingerprint density at radius 3 is 2.64 bits per heavy atom. The Morgan fingerprint density at radius 2 is 2.00 bits per heavy atom. The van der Waals surface area contributed by atoms with Gasteiger partial charge in [-0.1, -0.05) is 30.3 Å². The largest absolute Gasteiger partial charge is 0.350 e. The smallest absolute Gasteiger partial charge is 0.245 e. The topological polar surface area (TPSA) is 90.3 Å². The highest BCUT2D eigenvalue weighted by Crippen LogP contribution is 2.32. The summed E-state index contributed by atoms with van der Waals surface area (Å²) in [6.07, 6.45) is 2.37. The molecule has 0 aromatic heterocycles. The number of nitrogens with zero attached hydrogens (tertiary/aromatic N) is 2. The number of ketones is 1. The van der Waals surface area contributed by atoms with Gasteiger partial charge in [0.05, 0.1) is 6.07 Å². The summed E-state index contributed by atoms with van der Waals surface area (Å²) in [7, 11) is 0. The number of hydrogen-bond donors (Lipinski definition) is 1. The molecule has 2 aliphatic rings. The number of carbonyl (C=O) groups is 3. The van der Waals surface area contributed by atoms with E-state index in [9.17, 15) is 19.6 Å². The molecule has 1 heterocycles. The van der Waals surface area contributed by atoms with E-state index in [4.69, 9.17) is 0 Å². The number of likely N-dealkylation sites (tertiary alicyclic amines) is 1. The zero-order chi connectivity index (χ0) is 17.8. The standard InChI is InChI=1S/C19H21N3O3/c20-9-16(19(25)21-10-13-4-2-1-3-5-13)18(24)15-8-17(23)22(12-15)11-14-6-7-14/h1-5,14-16H,6-8,10-12H2,(H,21,25)/t15-,16-/m1/s1. The molecule has 1 aromatic carbocycles. The van der Waals surface area contributed by atoms with Crippen LogP contribution in [0.1, 0.15) is 24.8 Å². The lowest BCUT2D eigenvalue weighted by Gasteiger charge is -2.16. The predicted octanol–water partition coefficient (Wildman–Crippen LogP) is 1.27. The quantitative estimate of drug-likeness (QED) is 0.758. The SMILES string of the molecule is N#C[C@@H](C(=O)NCc1ccccc1)C(=O)[C@@H]1CC(=O)N(CC2CC2)C1. The number of rotatable bonds is 7. The molecule has 2 amide bonds. The molecule has 1 saturated carbocycles. The van der Waals surface area contributed by atoms with E-state index in [1.807, 2.05) is 30.3 Å². The van der Waals surface area contributed by atoms with Crippen molar-refractivity contribution < 1.29 is 14.4 Å². The van der Waals surface area contributed by atoms with Crippen molar-refractivity contribution in [2.45, 2.75) is 25.8 Å². The van der Waals surface area contributed by atoms with Gasteiger partial charge in [0, 0.05) is 32.0 Å². The van der Waals surface area contributed by atoms with Gasteiger partial charge in [-0.05, 0) is 24.3 Å². The molecule has 0 bridgehead atoms. The molecule has 0 unspecified atom stereocenters. The first-order chi connectivity index (χ1) is 12.1. The zero-order valence-corrected chi connectivity index (χ0v) is 14.0. The summed E-state index contributed by atoms with van der Waals surface area (Å²) in [6, 6.07) is 11.1. The van der Waals surface area contributed by atoms with Crippen LogP contribution in [-0.4, -0.2) is 35.6 Å². The van der Waals surface area contributed by atoms with Crippen molar-refractivity contribution in [3.8, 4) is 6.07 Å². The maximum atomic E-state index is 12.6. The summed E-state index contributed by atoms with van der Waals surface area (Å²) < 4.78 is 0. The third-order valence-corrected chi connectivity index (χ3v) is 4.78. The average Bonchev–Trinajstić information content (AvgIpc) is 3.36. The van der Waals surface area contributed by atoms with Crippen molar-refractivity contribution in [3.63, 3.8) is 0 Å². The van der Waals surface area contributed by atoms with E-state index in [2.05, 4.69) is 5.32 Å². The molecule has 1 N–H and O–H groups in total. The van der Waals surface area contributed by atoms with Crippen LogP contribution in [0, 0.1) is 29.1 Å². The normalized spacial score (nSPS) is 20.8. The Labute approximate surface area is 146 Å². The second-order valence-electron chi connectivity index (χ2n) is 6.81. The Balaban J connectivity index is 1.56. The zero-order valence-electron chi connectivity index (χ0n) is 14.0. The van der Waals surface area contributed by atoms with E-state index in [0.29, 0.717) is 19.0 Å². The molecule has 6 heteroatoms. The first-order valence-corrected chi connectivity index (χ1v) is 8.61. The van der Waals surface area contributed by atoms with Crippen molar-refractivity contribution in [2.75, 3.05) is 13.1 Å². The van der Waals surface area contributed by atoms with Gasteiger partial charge in [0.1, 0.15) is 0 Å². The molecular formula is C19H21N3O3. The van der Waals surface area contributed by atoms with Gasteiger partial charge in [0.2, 0.25) is 11.8 Å². The summed E-state index contributed by atoms with van der Waals surface area (Å²) >= 11 is 0. The van der Waals surface area contributed by atoms with Crippen molar-refractivity contribution >= 4 is 17.6 Å². The van der Waals surface area contributed by atoms with Crippen LogP contribution in [0.25, 0.3) is 0 Å². The van der Waals surface area contributed by atoms with Crippen LogP contribution in [0.2, 0.25) is 0 Å². The Kier molecular flexibility index (Phi) is 5.13. The highest BCUT2D eigenvalue weighted by Gasteiger charge is 2.41. The van der Waals surface area contributed by atoms with Crippen LogP contribution in [0.5, 0.6) is 0 Å². The van der Waals surface area contributed by atoms with Gasteiger partial charge in [-0.2, -0.15) is 5.26 Å². The summed E-state index contributed by atoms with van der Waals surface area (Å²) in [6.45, 7) is 1.29. The molecule has 0 spiro atoms. The van der Waals surface area contributed by atoms with Crippen molar-refractivity contribution in [2.24, 2.45) is 17.8 Å². The number of hydrogen-bond acceptors (Lipinski definition) is 4. The molecule has 1 aromatic rings. The van der Waals surface area contributed by atoms with E-state index in [1.54, 1.807) is 11.0 Å².